The van der Waals surface area contributed by atoms with Crippen LogP contribution in [0.4, 0.5) is 18.9 Å². The summed E-state index contributed by atoms with van der Waals surface area (Å²) in [6, 6.07) is 7.74. The molecule has 2 saturated carbocycles. The summed E-state index contributed by atoms with van der Waals surface area (Å²) in [5, 5.41) is 11.6. The van der Waals surface area contributed by atoms with Gasteiger partial charge in [0.05, 0.1) is 29.1 Å². The van der Waals surface area contributed by atoms with Gasteiger partial charge >= 0.3 is 6.18 Å². The highest BCUT2D eigenvalue weighted by Crippen LogP contribution is 2.52. The van der Waals surface area contributed by atoms with E-state index in [2.05, 4.69) is 10.3 Å². The lowest BCUT2D eigenvalue weighted by molar-refractivity contribution is -0.137. The third kappa shape index (κ3) is 4.51. The van der Waals surface area contributed by atoms with Crippen LogP contribution >= 0.6 is 0 Å². The number of carbonyl (C=O) groups excluding carboxylic acids is 2. The SMILES string of the molecule is Cn1cc(C2C3CCC2CN(C(=O)C2CCCC2)C3)c2c(C(F)(F)F)c(NC(=O)c3cccc(C#N)c3)cnc21. The molecule has 1 saturated heterocycles. The van der Waals surface area contributed by atoms with Gasteiger partial charge in [0.15, 0.2) is 0 Å². The smallest absolute Gasteiger partial charge is 0.342 e. The number of hydrogen-bond acceptors (Lipinski definition) is 4. The van der Waals surface area contributed by atoms with Gasteiger partial charge < -0.3 is 14.8 Å². The number of halogens is 3. The molecule has 3 aromatic rings. The fourth-order valence-corrected chi connectivity index (χ4v) is 7.28. The van der Waals surface area contributed by atoms with Crippen LogP contribution in [0, 0.1) is 29.1 Å². The summed E-state index contributed by atoms with van der Waals surface area (Å²) in [6.07, 6.45) is 3.77. The molecule has 10 heteroatoms. The quantitative estimate of drug-likeness (QED) is 0.442. The van der Waals surface area contributed by atoms with E-state index >= 15 is 0 Å². The van der Waals surface area contributed by atoms with Crippen LogP contribution < -0.4 is 5.32 Å². The first kappa shape index (κ1) is 26.4. The molecule has 40 heavy (non-hydrogen) atoms. The summed E-state index contributed by atoms with van der Waals surface area (Å²) < 4.78 is 45.9. The van der Waals surface area contributed by atoms with Gasteiger partial charge in [-0.25, -0.2) is 4.98 Å². The molecule has 3 fully saturated rings. The molecule has 6 rings (SSSR count). The lowest BCUT2D eigenvalue weighted by Gasteiger charge is -2.39. The van der Waals surface area contributed by atoms with E-state index < -0.39 is 23.3 Å². The van der Waals surface area contributed by atoms with Crippen molar-refractivity contribution in [3.63, 3.8) is 0 Å². The van der Waals surface area contributed by atoms with Crippen molar-refractivity contribution >= 4 is 28.5 Å². The van der Waals surface area contributed by atoms with E-state index in [0.29, 0.717) is 18.7 Å². The second kappa shape index (κ2) is 9.95. The maximum absolute atomic E-state index is 14.8. The zero-order valence-electron chi connectivity index (χ0n) is 22.2. The molecule has 2 atom stereocenters. The highest BCUT2D eigenvalue weighted by Gasteiger charge is 2.47. The molecule has 0 radical (unpaired) electrons. The molecule has 1 N–H and O–H groups in total. The second-order valence-electron chi connectivity index (χ2n) is 11.4. The van der Waals surface area contributed by atoms with Gasteiger partial charge in [-0.05, 0) is 67.2 Å². The van der Waals surface area contributed by atoms with E-state index in [1.807, 2.05) is 11.0 Å². The first-order valence-corrected chi connectivity index (χ1v) is 13.8. The predicted molar refractivity (Wildman–Crippen MR) is 142 cm³/mol. The summed E-state index contributed by atoms with van der Waals surface area (Å²) >= 11 is 0. The Hall–Kier alpha value is -3.87. The average molecular weight is 550 g/mol. The van der Waals surface area contributed by atoms with Crippen LogP contribution in [0.15, 0.2) is 36.7 Å². The third-order valence-corrected chi connectivity index (χ3v) is 9.01. The van der Waals surface area contributed by atoms with Crippen LogP contribution in [-0.2, 0) is 18.0 Å². The predicted octanol–water partition coefficient (Wildman–Crippen LogP) is 5.86. The first-order valence-electron chi connectivity index (χ1n) is 13.8. The van der Waals surface area contributed by atoms with Crippen molar-refractivity contribution in [2.45, 2.75) is 50.6 Å². The molecule has 3 heterocycles. The number of anilines is 1. The number of pyridine rings is 1. The lowest BCUT2D eigenvalue weighted by atomic mass is 9.79. The number of hydrogen-bond donors (Lipinski definition) is 1. The monoisotopic (exact) mass is 549 g/mol. The van der Waals surface area contributed by atoms with Gasteiger partial charge in [-0.15, -0.1) is 0 Å². The van der Waals surface area contributed by atoms with Crippen molar-refractivity contribution in [1.29, 1.82) is 5.26 Å². The Morgan fingerprint density at radius 1 is 1.10 bits per heavy atom. The molecule has 2 amide bonds. The third-order valence-electron chi connectivity index (χ3n) is 9.01. The molecule has 208 valence electrons. The Balaban J connectivity index is 1.38. The number of carbonyl (C=O) groups is 2. The maximum atomic E-state index is 14.8. The van der Waals surface area contributed by atoms with Crippen LogP contribution in [0.2, 0.25) is 0 Å². The van der Waals surface area contributed by atoms with Gasteiger partial charge in [-0.2, -0.15) is 18.4 Å². The molecule has 3 aliphatic rings. The van der Waals surface area contributed by atoms with E-state index in [1.54, 1.807) is 17.8 Å². The fourth-order valence-electron chi connectivity index (χ4n) is 7.28. The number of aryl methyl sites for hydroxylation is 1. The minimum atomic E-state index is -4.76. The van der Waals surface area contributed by atoms with Crippen molar-refractivity contribution in [2.75, 3.05) is 18.4 Å². The maximum Gasteiger partial charge on any atom is 0.419 e. The number of nitriles is 1. The summed E-state index contributed by atoms with van der Waals surface area (Å²) in [5.74, 6) is -0.452. The van der Waals surface area contributed by atoms with E-state index in [4.69, 9.17) is 5.26 Å². The van der Waals surface area contributed by atoms with Crippen molar-refractivity contribution < 1.29 is 22.8 Å². The van der Waals surface area contributed by atoms with Crippen LogP contribution in [0.5, 0.6) is 0 Å². The minimum absolute atomic E-state index is 0.0102. The highest BCUT2D eigenvalue weighted by molar-refractivity contribution is 6.06. The number of aromatic nitrogens is 2. The number of benzene rings is 1. The lowest BCUT2D eigenvalue weighted by Crippen LogP contribution is -2.46. The highest BCUT2D eigenvalue weighted by atomic mass is 19.4. The Kier molecular flexibility index (Phi) is 6.56. The summed E-state index contributed by atoms with van der Waals surface area (Å²) in [5.41, 5.74) is -0.229. The molecule has 2 aromatic heterocycles. The standard InChI is InChI=1S/C30H30F3N5O2/c1-37-16-22(24-20-9-10-21(24)15-38(14-20)29(40)18-6-2-3-7-18)25-26(30(31,32)33)23(13-35-27(25)37)36-28(39)19-8-4-5-17(11-19)12-34/h4-5,8,11,13,16,18,20-21,24H,2-3,6-7,9-10,14-15H2,1H3,(H,36,39). The van der Waals surface area contributed by atoms with Crippen LogP contribution in [0.3, 0.4) is 0 Å². The van der Waals surface area contributed by atoms with E-state index in [1.165, 1.54) is 24.3 Å². The summed E-state index contributed by atoms with van der Waals surface area (Å²) in [4.78, 5) is 32.4. The topological polar surface area (TPSA) is 91.0 Å². The Bertz CT molecular complexity index is 1520. The van der Waals surface area contributed by atoms with Gasteiger partial charge in [-0.3, -0.25) is 9.59 Å². The number of nitrogens with zero attached hydrogens (tertiary/aromatic N) is 4. The molecule has 7 nitrogen and oxygen atoms in total. The summed E-state index contributed by atoms with van der Waals surface area (Å²) in [6.45, 7) is 1.13. The zero-order valence-corrected chi connectivity index (χ0v) is 22.2. The average Bonchev–Trinajstić information content (AvgIpc) is 3.64. The van der Waals surface area contributed by atoms with Gasteiger partial charge in [0.1, 0.15) is 5.65 Å². The van der Waals surface area contributed by atoms with Crippen molar-refractivity contribution in [3.8, 4) is 6.07 Å². The van der Waals surface area contributed by atoms with Crippen molar-refractivity contribution in [2.24, 2.45) is 24.8 Å². The van der Waals surface area contributed by atoms with Crippen LogP contribution in [0.1, 0.15) is 71.5 Å². The van der Waals surface area contributed by atoms with Gasteiger partial charge in [0, 0.05) is 43.2 Å². The Morgan fingerprint density at radius 3 is 2.45 bits per heavy atom. The summed E-state index contributed by atoms with van der Waals surface area (Å²) in [7, 11) is 1.69. The van der Waals surface area contributed by atoms with Gasteiger partial charge in [0.25, 0.3) is 5.91 Å². The molecule has 2 unspecified atom stereocenters. The van der Waals surface area contributed by atoms with E-state index in [0.717, 1.165) is 44.7 Å². The Morgan fingerprint density at radius 2 is 1.80 bits per heavy atom. The number of piperidine rings is 1. The second-order valence-corrected chi connectivity index (χ2v) is 11.4. The van der Waals surface area contributed by atoms with Gasteiger partial charge in [0.2, 0.25) is 5.91 Å². The molecular formula is C30H30F3N5O2. The number of fused-ring (bicyclic) bond motifs is 3. The molecular weight excluding hydrogens is 519 g/mol. The van der Waals surface area contributed by atoms with Crippen molar-refractivity contribution in [1.82, 2.24) is 14.5 Å². The fraction of sp³-hybridized carbons (Fsp3) is 0.467. The molecule has 0 spiro atoms. The number of nitrogens with one attached hydrogen (secondary N) is 1. The normalized spacial score (nSPS) is 23.0. The largest absolute Gasteiger partial charge is 0.419 e. The minimum Gasteiger partial charge on any atom is -0.342 e. The first-order chi connectivity index (χ1) is 19.2. The number of rotatable bonds is 4. The number of likely N-dealkylation sites (tertiary alicyclic amines) is 1. The number of amides is 2. The van der Waals surface area contributed by atoms with E-state index in [-0.39, 0.29) is 51.7 Å². The van der Waals surface area contributed by atoms with Crippen LogP contribution in [0.25, 0.3) is 11.0 Å². The van der Waals surface area contributed by atoms with Crippen molar-refractivity contribution in [3.05, 3.63) is 58.9 Å². The molecule has 2 bridgehead atoms. The molecule has 2 aliphatic carbocycles. The molecule has 1 aliphatic heterocycles. The van der Waals surface area contributed by atoms with Gasteiger partial charge in [-0.1, -0.05) is 18.9 Å². The Labute approximate surface area is 230 Å². The van der Waals surface area contributed by atoms with E-state index in [9.17, 15) is 22.8 Å². The molecule has 1 aromatic carbocycles. The van der Waals surface area contributed by atoms with Crippen LogP contribution in [-0.4, -0.2) is 39.4 Å². The zero-order chi connectivity index (χ0) is 28.2. The number of alkyl halides is 3.